The van der Waals surface area contributed by atoms with Crippen LogP contribution in [0.1, 0.15) is 29.0 Å². The minimum Gasteiger partial charge on any atom is -0.350 e. The molecule has 1 amide bonds. The van der Waals surface area contributed by atoms with Gasteiger partial charge in [-0.25, -0.2) is 4.98 Å². The summed E-state index contributed by atoms with van der Waals surface area (Å²) in [6, 6.07) is 7.35. The van der Waals surface area contributed by atoms with Gasteiger partial charge in [-0.15, -0.1) is 0 Å². The van der Waals surface area contributed by atoms with Gasteiger partial charge in [0.2, 0.25) is 0 Å². The summed E-state index contributed by atoms with van der Waals surface area (Å²) in [7, 11) is 0. The smallest absolute Gasteiger partial charge is 0.251 e. The largest absolute Gasteiger partial charge is 0.350 e. The maximum atomic E-state index is 12.2. The van der Waals surface area contributed by atoms with E-state index >= 15 is 0 Å². The summed E-state index contributed by atoms with van der Waals surface area (Å²) in [6.07, 6.45) is 2.35. The van der Waals surface area contributed by atoms with Crippen molar-refractivity contribution in [3.63, 3.8) is 0 Å². The Hall–Kier alpha value is -2.21. The van der Waals surface area contributed by atoms with Crippen LogP contribution in [0.3, 0.4) is 0 Å². The molecule has 1 saturated carbocycles. The van der Waals surface area contributed by atoms with Gasteiger partial charge in [0, 0.05) is 23.7 Å². The molecule has 1 fully saturated rings. The first kappa shape index (κ1) is 13.8. The van der Waals surface area contributed by atoms with E-state index in [2.05, 4.69) is 20.5 Å². The number of aromatic amines is 1. The number of amides is 1. The lowest BCUT2D eigenvalue weighted by Crippen LogP contribution is -2.38. The number of rotatable bonds is 5. The van der Waals surface area contributed by atoms with Crippen molar-refractivity contribution in [2.75, 3.05) is 6.54 Å². The van der Waals surface area contributed by atoms with Crippen molar-refractivity contribution >= 4 is 5.91 Å². The van der Waals surface area contributed by atoms with Gasteiger partial charge in [-0.2, -0.15) is 5.10 Å². The standard InChI is InChI=1S/C15H19N5O/c1-9-18-14(20-19-9)11-3-2-4-12(7-11)15(21)17-8-13(16)10-5-6-10/h2-4,7,10,13H,5-6,8,16H2,1H3,(H,17,21)(H,18,19,20). The quantitative estimate of drug-likeness (QED) is 0.770. The van der Waals surface area contributed by atoms with Crippen LogP contribution in [-0.4, -0.2) is 33.7 Å². The van der Waals surface area contributed by atoms with E-state index in [-0.39, 0.29) is 11.9 Å². The van der Waals surface area contributed by atoms with Gasteiger partial charge < -0.3 is 11.1 Å². The Kier molecular flexibility index (Phi) is 3.70. The molecule has 1 aliphatic rings. The molecular weight excluding hydrogens is 266 g/mol. The molecule has 1 atom stereocenters. The molecule has 3 rings (SSSR count). The predicted octanol–water partition coefficient (Wildman–Crippen LogP) is 1.25. The fourth-order valence-corrected chi connectivity index (χ4v) is 2.27. The van der Waals surface area contributed by atoms with E-state index in [0.29, 0.717) is 23.9 Å². The van der Waals surface area contributed by atoms with Crippen LogP contribution < -0.4 is 11.1 Å². The van der Waals surface area contributed by atoms with Crippen molar-refractivity contribution in [2.24, 2.45) is 11.7 Å². The Balaban J connectivity index is 1.68. The molecule has 1 heterocycles. The summed E-state index contributed by atoms with van der Waals surface area (Å²) in [6.45, 7) is 2.36. The number of benzene rings is 1. The van der Waals surface area contributed by atoms with Crippen molar-refractivity contribution in [1.82, 2.24) is 20.5 Å². The Morgan fingerprint density at radius 3 is 3.00 bits per heavy atom. The van der Waals surface area contributed by atoms with Crippen LogP contribution in [0.2, 0.25) is 0 Å². The molecular formula is C15H19N5O. The van der Waals surface area contributed by atoms with Gasteiger partial charge in [0.1, 0.15) is 5.82 Å². The number of nitrogens with two attached hydrogens (primary N) is 1. The van der Waals surface area contributed by atoms with E-state index < -0.39 is 0 Å². The zero-order valence-electron chi connectivity index (χ0n) is 12.0. The van der Waals surface area contributed by atoms with Crippen LogP contribution in [-0.2, 0) is 0 Å². The Bertz CT molecular complexity index is 647. The third kappa shape index (κ3) is 3.28. The summed E-state index contributed by atoms with van der Waals surface area (Å²) in [4.78, 5) is 16.4. The molecule has 4 N–H and O–H groups in total. The normalized spacial score (nSPS) is 15.7. The van der Waals surface area contributed by atoms with E-state index in [1.807, 2.05) is 19.1 Å². The zero-order chi connectivity index (χ0) is 14.8. The van der Waals surface area contributed by atoms with Crippen LogP contribution in [0.4, 0.5) is 0 Å². The molecule has 0 bridgehead atoms. The molecule has 0 aliphatic heterocycles. The van der Waals surface area contributed by atoms with E-state index in [4.69, 9.17) is 5.73 Å². The number of hydrogen-bond donors (Lipinski definition) is 3. The number of aryl methyl sites for hydroxylation is 1. The lowest BCUT2D eigenvalue weighted by atomic mass is 10.1. The van der Waals surface area contributed by atoms with Gasteiger partial charge >= 0.3 is 0 Å². The van der Waals surface area contributed by atoms with Crippen molar-refractivity contribution in [3.05, 3.63) is 35.7 Å². The maximum Gasteiger partial charge on any atom is 0.251 e. The minimum absolute atomic E-state index is 0.0628. The average molecular weight is 285 g/mol. The molecule has 1 aromatic heterocycles. The van der Waals surface area contributed by atoms with Crippen LogP contribution in [0.25, 0.3) is 11.4 Å². The van der Waals surface area contributed by atoms with Crippen molar-refractivity contribution in [1.29, 1.82) is 0 Å². The van der Waals surface area contributed by atoms with E-state index in [0.717, 1.165) is 11.4 Å². The molecule has 6 heteroatoms. The van der Waals surface area contributed by atoms with Crippen LogP contribution >= 0.6 is 0 Å². The van der Waals surface area contributed by atoms with Gasteiger partial charge in [0.25, 0.3) is 5.91 Å². The highest BCUT2D eigenvalue weighted by Crippen LogP contribution is 2.31. The number of nitrogens with zero attached hydrogens (tertiary/aromatic N) is 2. The summed E-state index contributed by atoms with van der Waals surface area (Å²) in [5.41, 5.74) is 7.40. The number of H-pyrrole nitrogens is 1. The first-order valence-corrected chi connectivity index (χ1v) is 7.16. The molecule has 21 heavy (non-hydrogen) atoms. The first-order chi connectivity index (χ1) is 10.1. The summed E-state index contributed by atoms with van der Waals surface area (Å²) in [5, 5.41) is 9.79. The number of carbonyl (C=O) groups excluding carboxylic acids is 1. The van der Waals surface area contributed by atoms with Gasteiger partial charge in [-0.1, -0.05) is 12.1 Å². The van der Waals surface area contributed by atoms with Gasteiger partial charge in [-0.3, -0.25) is 9.89 Å². The highest BCUT2D eigenvalue weighted by atomic mass is 16.1. The van der Waals surface area contributed by atoms with E-state index in [9.17, 15) is 4.79 Å². The summed E-state index contributed by atoms with van der Waals surface area (Å²) < 4.78 is 0. The molecule has 1 aliphatic carbocycles. The third-order valence-corrected chi connectivity index (χ3v) is 3.71. The Morgan fingerprint density at radius 2 is 2.33 bits per heavy atom. The molecule has 6 nitrogen and oxygen atoms in total. The summed E-state index contributed by atoms with van der Waals surface area (Å²) in [5.74, 6) is 1.81. The molecule has 0 spiro atoms. The second-order valence-electron chi connectivity index (χ2n) is 5.54. The van der Waals surface area contributed by atoms with Crippen LogP contribution in [0, 0.1) is 12.8 Å². The number of hydrogen-bond acceptors (Lipinski definition) is 4. The predicted molar refractivity (Wildman–Crippen MR) is 79.6 cm³/mol. The van der Waals surface area contributed by atoms with E-state index in [1.54, 1.807) is 12.1 Å². The zero-order valence-corrected chi connectivity index (χ0v) is 12.0. The fourth-order valence-electron chi connectivity index (χ4n) is 2.27. The van der Waals surface area contributed by atoms with Crippen LogP contribution in [0.5, 0.6) is 0 Å². The minimum atomic E-state index is -0.111. The molecule has 1 aromatic carbocycles. The van der Waals surface area contributed by atoms with Crippen LogP contribution in [0.15, 0.2) is 24.3 Å². The van der Waals surface area contributed by atoms with Crippen molar-refractivity contribution in [3.8, 4) is 11.4 Å². The SMILES string of the molecule is Cc1nc(-c2cccc(C(=O)NCC(N)C3CC3)c2)n[nH]1. The monoisotopic (exact) mass is 285 g/mol. The molecule has 1 unspecified atom stereocenters. The highest BCUT2D eigenvalue weighted by Gasteiger charge is 2.28. The number of aromatic nitrogens is 3. The summed E-state index contributed by atoms with van der Waals surface area (Å²) >= 11 is 0. The third-order valence-electron chi connectivity index (χ3n) is 3.71. The maximum absolute atomic E-state index is 12.2. The lowest BCUT2D eigenvalue weighted by molar-refractivity contribution is 0.0950. The number of carbonyl (C=O) groups is 1. The van der Waals surface area contributed by atoms with Gasteiger partial charge in [-0.05, 0) is 37.8 Å². The second kappa shape index (κ2) is 5.65. The second-order valence-corrected chi connectivity index (χ2v) is 5.54. The molecule has 0 saturated heterocycles. The molecule has 110 valence electrons. The highest BCUT2D eigenvalue weighted by molar-refractivity contribution is 5.95. The van der Waals surface area contributed by atoms with Gasteiger partial charge in [0.05, 0.1) is 0 Å². The lowest BCUT2D eigenvalue weighted by Gasteiger charge is -2.11. The number of nitrogens with one attached hydrogen (secondary N) is 2. The Labute approximate surface area is 123 Å². The van der Waals surface area contributed by atoms with Crippen molar-refractivity contribution in [2.45, 2.75) is 25.8 Å². The van der Waals surface area contributed by atoms with E-state index in [1.165, 1.54) is 12.8 Å². The van der Waals surface area contributed by atoms with Gasteiger partial charge in [0.15, 0.2) is 5.82 Å². The van der Waals surface area contributed by atoms with Crippen molar-refractivity contribution < 1.29 is 4.79 Å². The Morgan fingerprint density at radius 1 is 1.52 bits per heavy atom. The molecule has 0 radical (unpaired) electrons. The fraction of sp³-hybridized carbons (Fsp3) is 0.400. The first-order valence-electron chi connectivity index (χ1n) is 7.16. The topological polar surface area (TPSA) is 96.7 Å². The molecule has 2 aromatic rings. The average Bonchev–Trinajstić information content (AvgIpc) is 3.26.